The van der Waals surface area contributed by atoms with Crippen molar-refractivity contribution in [1.82, 2.24) is 10.2 Å². The first-order valence-electron chi connectivity index (χ1n) is 7.24. The Morgan fingerprint density at radius 3 is 2.20 bits per heavy atom. The Bertz CT molecular complexity index is 892. The average molecular weight is 348 g/mol. The molecule has 3 nitrogen and oxygen atoms in total. The summed E-state index contributed by atoms with van der Waals surface area (Å²) in [6.07, 6.45) is -4.42. The van der Waals surface area contributed by atoms with E-state index in [-0.39, 0.29) is 5.88 Å². The van der Waals surface area contributed by atoms with Gasteiger partial charge in [0.2, 0.25) is 5.88 Å². The molecule has 0 aliphatic heterocycles. The van der Waals surface area contributed by atoms with Crippen LogP contribution in [-0.4, -0.2) is 17.3 Å². The van der Waals surface area contributed by atoms with Crippen molar-refractivity contribution in [3.63, 3.8) is 0 Å². The number of halogens is 4. The fourth-order valence-corrected chi connectivity index (χ4v) is 2.38. The number of methoxy groups -OCH3 is 1. The molecule has 0 radical (unpaired) electrons. The normalized spacial score (nSPS) is 11.4. The molecular weight excluding hydrogens is 336 g/mol. The van der Waals surface area contributed by atoms with Gasteiger partial charge in [0.15, 0.2) is 0 Å². The van der Waals surface area contributed by atoms with Gasteiger partial charge < -0.3 is 4.74 Å². The molecule has 0 spiro atoms. The minimum absolute atomic E-state index is 0.204. The van der Waals surface area contributed by atoms with E-state index in [0.717, 1.165) is 12.1 Å². The molecule has 0 saturated heterocycles. The SMILES string of the molecule is COc1cc(-c2ccc(C(F)(F)F)cc2)c(-c2cccc(F)c2)nn1. The van der Waals surface area contributed by atoms with E-state index >= 15 is 0 Å². The minimum Gasteiger partial charge on any atom is -0.480 e. The largest absolute Gasteiger partial charge is 0.480 e. The summed E-state index contributed by atoms with van der Waals surface area (Å²) >= 11 is 0. The van der Waals surface area contributed by atoms with Crippen LogP contribution in [0.15, 0.2) is 54.6 Å². The molecule has 25 heavy (non-hydrogen) atoms. The van der Waals surface area contributed by atoms with Gasteiger partial charge in [-0.05, 0) is 29.8 Å². The predicted molar refractivity (Wildman–Crippen MR) is 84.4 cm³/mol. The van der Waals surface area contributed by atoms with Crippen molar-refractivity contribution in [2.75, 3.05) is 7.11 Å². The van der Waals surface area contributed by atoms with Gasteiger partial charge in [0, 0.05) is 17.2 Å². The molecule has 0 unspecified atom stereocenters. The van der Waals surface area contributed by atoms with Crippen LogP contribution in [0.25, 0.3) is 22.4 Å². The number of hydrogen-bond acceptors (Lipinski definition) is 3. The summed E-state index contributed by atoms with van der Waals surface area (Å²) in [4.78, 5) is 0. The Morgan fingerprint density at radius 2 is 1.60 bits per heavy atom. The fraction of sp³-hybridized carbons (Fsp3) is 0.111. The first-order valence-corrected chi connectivity index (χ1v) is 7.24. The standard InChI is InChI=1S/C18H12F4N2O/c1-25-16-10-15(11-5-7-13(8-6-11)18(20,21)22)17(24-23-16)12-3-2-4-14(19)9-12/h2-10H,1H3. The van der Waals surface area contributed by atoms with Gasteiger partial charge in [-0.1, -0.05) is 24.3 Å². The number of hydrogen-bond donors (Lipinski definition) is 0. The van der Waals surface area contributed by atoms with E-state index in [1.165, 1.54) is 37.4 Å². The molecule has 0 saturated carbocycles. The molecule has 0 aliphatic rings. The van der Waals surface area contributed by atoms with Crippen LogP contribution in [0.3, 0.4) is 0 Å². The van der Waals surface area contributed by atoms with Crippen LogP contribution in [-0.2, 0) is 6.18 Å². The molecule has 3 rings (SSSR count). The van der Waals surface area contributed by atoms with Crippen molar-refractivity contribution in [2.45, 2.75) is 6.18 Å². The molecule has 0 aliphatic carbocycles. The molecule has 2 aromatic carbocycles. The van der Waals surface area contributed by atoms with Crippen molar-refractivity contribution in [1.29, 1.82) is 0 Å². The highest BCUT2D eigenvalue weighted by molar-refractivity contribution is 5.81. The second-order valence-electron chi connectivity index (χ2n) is 5.23. The number of nitrogens with zero attached hydrogens (tertiary/aromatic N) is 2. The number of benzene rings is 2. The van der Waals surface area contributed by atoms with Crippen LogP contribution in [0.2, 0.25) is 0 Å². The second-order valence-corrected chi connectivity index (χ2v) is 5.23. The summed E-state index contributed by atoms with van der Waals surface area (Å²) in [6, 6.07) is 11.9. The van der Waals surface area contributed by atoms with Crippen LogP contribution < -0.4 is 4.74 Å². The zero-order valence-electron chi connectivity index (χ0n) is 13.0. The summed E-state index contributed by atoms with van der Waals surface area (Å²) in [5, 5.41) is 7.92. The van der Waals surface area contributed by atoms with Crippen molar-refractivity contribution in [3.05, 3.63) is 66.0 Å². The highest BCUT2D eigenvalue weighted by Crippen LogP contribution is 2.35. The van der Waals surface area contributed by atoms with Gasteiger partial charge in [0.1, 0.15) is 11.5 Å². The second kappa shape index (κ2) is 6.51. The zero-order valence-corrected chi connectivity index (χ0v) is 13.0. The third-order valence-corrected chi connectivity index (χ3v) is 3.60. The maximum Gasteiger partial charge on any atom is 0.416 e. The molecule has 0 atom stereocenters. The molecular formula is C18H12F4N2O. The van der Waals surface area contributed by atoms with Gasteiger partial charge in [-0.2, -0.15) is 13.2 Å². The lowest BCUT2D eigenvalue weighted by Crippen LogP contribution is -2.04. The number of aromatic nitrogens is 2. The van der Waals surface area contributed by atoms with Crippen molar-refractivity contribution in [3.8, 4) is 28.3 Å². The number of ether oxygens (including phenoxy) is 1. The van der Waals surface area contributed by atoms with Crippen molar-refractivity contribution in [2.24, 2.45) is 0 Å². The number of rotatable bonds is 3. The van der Waals surface area contributed by atoms with E-state index in [9.17, 15) is 17.6 Å². The Kier molecular flexibility index (Phi) is 4.39. The summed E-state index contributed by atoms with van der Waals surface area (Å²) in [7, 11) is 1.41. The summed E-state index contributed by atoms with van der Waals surface area (Å²) in [6.45, 7) is 0. The van der Waals surface area contributed by atoms with Gasteiger partial charge in [-0.25, -0.2) is 4.39 Å². The molecule has 0 N–H and O–H groups in total. The molecule has 0 amide bonds. The topological polar surface area (TPSA) is 35.0 Å². The van der Waals surface area contributed by atoms with Crippen LogP contribution >= 0.6 is 0 Å². The lowest BCUT2D eigenvalue weighted by atomic mass is 9.99. The van der Waals surface area contributed by atoms with Crippen molar-refractivity contribution >= 4 is 0 Å². The molecule has 1 heterocycles. The number of alkyl halides is 3. The molecule has 7 heteroatoms. The van der Waals surface area contributed by atoms with E-state index in [1.807, 2.05) is 0 Å². The molecule has 128 valence electrons. The Balaban J connectivity index is 2.13. The zero-order chi connectivity index (χ0) is 18.0. The summed E-state index contributed by atoms with van der Waals surface area (Å²) in [5.74, 6) is -0.247. The first kappa shape index (κ1) is 16.9. The third-order valence-electron chi connectivity index (χ3n) is 3.60. The Labute approximate surface area is 140 Å². The molecule has 1 aromatic heterocycles. The Morgan fingerprint density at radius 1 is 0.880 bits per heavy atom. The molecule has 0 fully saturated rings. The maximum absolute atomic E-state index is 13.5. The minimum atomic E-state index is -4.42. The Hall–Kier alpha value is -2.96. The third kappa shape index (κ3) is 3.60. The molecule has 3 aromatic rings. The van der Waals surface area contributed by atoms with Gasteiger partial charge in [-0.3, -0.25) is 0 Å². The van der Waals surface area contributed by atoms with E-state index in [2.05, 4.69) is 10.2 Å². The highest BCUT2D eigenvalue weighted by atomic mass is 19.4. The quantitative estimate of drug-likeness (QED) is 0.627. The van der Waals surface area contributed by atoms with Crippen molar-refractivity contribution < 1.29 is 22.3 Å². The monoisotopic (exact) mass is 348 g/mol. The van der Waals surface area contributed by atoms with E-state index in [0.29, 0.717) is 22.4 Å². The maximum atomic E-state index is 13.5. The average Bonchev–Trinajstić information content (AvgIpc) is 2.60. The van der Waals surface area contributed by atoms with E-state index in [1.54, 1.807) is 12.1 Å². The first-order chi connectivity index (χ1) is 11.9. The van der Waals surface area contributed by atoms with Gasteiger partial charge >= 0.3 is 6.18 Å². The van der Waals surface area contributed by atoms with Crippen LogP contribution in [0.1, 0.15) is 5.56 Å². The van der Waals surface area contributed by atoms with E-state index < -0.39 is 17.6 Å². The lowest BCUT2D eigenvalue weighted by molar-refractivity contribution is -0.137. The van der Waals surface area contributed by atoms with Gasteiger partial charge in [0.05, 0.1) is 12.7 Å². The van der Waals surface area contributed by atoms with Gasteiger partial charge in [0.25, 0.3) is 0 Å². The fourth-order valence-electron chi connectivity index (χ4n) is 2.38. The predicted octanol–water partition coefficient (Wildman–Crippen LogP) is 4.98. The van der Waals surface area contributed by atoms with E-state index in [4.69, 9.17) is 4.74 Å². The van der Waals surface area contributed by atoms with Crippen LogP contribution in [0, 0.1) is 5.82 Å². The smallest absolute Gasteiger partial charge is 0.416 e. The summed E-state index contributed by atoms with van der Waals surface area (Å²) < 4.78 is 56.8. The molecule has 0 bridgehead atoms. The van der Waals surface area contributed by atoms with Gasteiger partial charge in [-0.15, -0.1) is 10.2 Å². The lowest BCUT2D eigenvalue weighted by Gasteiger charge is -2.12. The van der Waals surface area contributed by atoms with Crippen LogP contribution in [0.4, 0.5) is 17.6 Å². The highest BCUT2D eigenvalue weighted by Gasteiger charge is 2.30. The summed E-state index contributed by atoms with van der Waals surface area (Å²) in [5.41, 5.74) is 1.04. The van der Waals surface area contributed by atoms with Crippen LogP contribution in [0.5, 0.6) is 5.88 Å².